The van der Waals surface area contributed by atoms with E-state index in [2.05, 4.69) is 24.4 Å². The van der Waals surface area contributed by atoms with E-state index in [0.29, 0.717) is 30.9 Å². The SMILES string of the molecule is COc1ccc(C(=O)N2CC(C(=O)NCc3ccccc3)C(c3ccccc3C)C2)cc1. The number of carbonyl (C=O) groups excluding carboxylic acids is 2. The van der Waals surface area contributed by atoms with Crippen molar-refractivity contribution in [3.8, 4) is 5.75 Å². The topological polar surface area (TPSA) is 58.6 Å². The molecule has 0 aliphatic carbocycles. The molecular formula is C27H28N2O3. The average molecular weight is 429 g/mol. The molecule has 5 heteroatoms. The summed E-state index contributed by atoms with van der Waals surface area (Å²) in [7, 11) is 1.60. The minimum atomic E-state index is -0.304. The molecule has 5 nitrogen and oxygen atoms in total. The van der Waals surface area contributed by atoms with Gasteiger partial charge in [-0.1, -0.05) is 54.6 Å². The number of carbonyl (C=O) groups is 2. The predicted octanol–water partition coefficient (Wildman–Crippen LogP) is 4.18. The molecule has 0 spiro atoms. The Balaban J connectivity index is 1.55. The number of ether oxygens (including phenoxy) is 1. The van der Waals surface area contributed by atoms with E-state index in [1.807, 2.05) is 42.5 Å². The molecule has 1 aliphatic heterocycles. The van der Waals surface area contributed by atoms with Crippen LogP contribution in [0.25, 0.3) is 0 Å². The second-order valence-electron chi connectivity index (χ2n) is 8.21. The molecule has 2 unspecified atom stereocenters. The number of aryl methyl sites for hydroxylation is 1. The van der Waals surface area contributed by atoms with Gasteiger partial charge >= 0.3 is 0 Å². The molecule has 32 heavy (non-hydrogen) atoms. The molecule has 2 atom stereocenters. The zero-order chi connectivity index (χ0) is 22.5. The van der Waals surface area contributed by atoms with E-state index in [-0.39, 0.29) is 23.7 Å². The van der Waals surface area contributed by atoms with Crippen LogP contribution in [-0.4, -0.2) is 36.9 Å². The van der Waals surface area contributed by atoms with Crippen molar-refractivity contribution in [2.45, 2.75) is 19.4 Å². The van der Waals surface area contributed by atoms with Crippen molar-refractivity contribution < 1.29 is 14.3 Å². The van der Waals surface area contributed by atoms with Gasteiger partial charge in [-0.2, -0.15) is 0 Å². The van der Waals surface area contributed by atoms with Crippen molar-refractivity contribution in [2.75, 3.05) is 20.2 Å². The maximum absolute atomic E-state index is 13.2. The third-order valence-corrected chi connectivity index (χ3v) is 6.18. The molecule has 1 aliphatic rings. The fourth-order valence-electron chi connectivity index (χ4n) is 4.39. The van der Waals surface area contributed by atoms with Crippen LogP contribution in [0.2, 0.25) is 0 Å². The van der Waals surface area contributed by atoms with Crippen LogP contribution in [0.15, 0.2) is 78.9 Å². The number of methoxy groups -OCH3 is 1. The molecule has 4 rings (SSSR count). The van der Waals surface area contributed by atoms with Crippen LogP contribution < -0.4 is 10.1 Å². The first-order valence-corrected chi connectivity index (χ1v) is 10.9. The minimum Gasteiger partial charge on any atom is -0.497 e. The Morgan fingerprint density at radius 3 is 2.31 bits per heavy atom. The van der Waals surface area contributed by atoms with Crippen molar-refractivity contribution >= 4 is 11.8 Å². The van der Waals surface area contributed by atoms with Crippen molar-refractivity contribution in [3.63, 3.8) is 0 Å². The first kappa shape index (κ1) is 21.6. The maximum Gasteiger partial charge on any atom is 0.253 e. The van der Waals surface area contributed by atoms with E-state index in [0.717, 1.165) is 16.7 Å². The van der Waals surface area contributed by atoms with Gasteiger partial charge in [0.2, 0.25) is 5.91 Å². The normalized spacial score (nSPS) is 17.8. The van der Waals surface area contributed by atoms with Crippen LogP contribution in [0.3, 0.4) is 0 Å². The Kier molecular flexibility index (Phi) is 6.55. The smallest absolute Gasteiger partial charge is 0.253 e. The summed E-state index contributed by atoms with van der Waals surface area (Å²) in [5, 5.41) is 3.08. The average Bonchev–Trinajstić information content (AvgIpc) is 3.28. The van der Waals surface area contributed by atoms with Crippen molar-refractivity contribution in [3.05, 3.63) is 101 Å². The van der Waals surface area contributed by atoms with Gasteiger partial charge in [-0.15, -0.1) is 0 Å². The first-order chi connectivity index (χ1) is 15.6. The quantitative estimate of drug-likeness (QED) is 0.641. The highest BCUT2D eigenvalue weighted by molar-refractivity contribution is 5.95. The van der Waals surface area contributed by atoms with E-state index in [1.54, 1.807) is 36.3 Å². The lowest BCUT2D eigenvalue weighted by atomic mass is 9.86. The highest BCUT2D eigenvalue weighted by atomic mass is 16.5. The molecule has 0 bridgehead atoms. The monoisotopic (exact) mass is 428 g/mol. The number of nitrogens with one attached hydrogen (secondary N) is 1. The number of rotatable bonds is 6. The lowest BCUT2D eigenvalue weighted by molar-refractivity contribution is -0.125. The zero-order valence-electron chi connectivity index (χ0n) is 18.5. The third kappa shape index (κ3) is 4.67. The summed E-state index contributed by atoms with van der Waals surface area (Å²) in [5.41, 5.74) is 3.91. The molecule has 0 radical (unpaired) electrons. The van der Waals surface area contributed by atoms with E-state index in [9.17, 15) is 9.59 Å². The minimum absolute atomic E-state index is 0.0212. The fraction of sp³-hybridized carbons (Fsp3) is 0.259. The van der Waals surface area contributed by atoms with E-state index < -0.39 is 0 Å². The van der Waals surface area contributed by atoms with Crippen molar-refractivity contribution in [2.24, 2.45) is 5.92 Å². The summed E-state index contributed by atoms with van der Waals surface area (Å²) in [6, 6.07) is 25.1. The lowest BCUT2D eigenvalue weighted by Crippen LogP contribution is -2.35. The van der Waals surface area contributed by atoms with Crippen LogP contribution in [0.5, 0.6) is 5.75 Å². The zero-order valence-corrected chi connectivity index (χ0v) is 18.5. The Morgan fingerprint density at radius 2 is 1.62 bits per heavy atom. The molecule has 2 amide bonds. The van der Waals surface area contributed by atoms with Gasteiger partial charge in [-0.25, -0.2) is 0 Å². The molecule has 3 aromatic carbocycles. The number of hydrogen-bond acceptors (Lipinski definition) is 3. The van der Waals surface area contributed by atoms with Crippen LogP contribution >= 0.6 is 0 Å². The molecule has 1 heterocycles. The van der Waals surface area contributed by atoms with E-state index in [1.165, 1.54) is 0 Å². The van der Waals surface area contributed by atoms with Crippen molar-refractivity contribution in [1.82, 2.24) is 10.2 Å². The Hall–Kier alpha value is -3.60. The van der Waals surface area contributed by atoms with Gasteiger partial charge < -0.3 is 15.0 Å². The summed E-state index contributed by atoms with van der Waals surface area (Å²) >= 11 is 0. The van der Waals surface area contributed by atoms with Gasteiger partial charge in [-0.3, -0.25) is 9.59 Å². The first-order valence-electron chi connectivity index (χ1n) is 10.9. The fourth-order valence-corrected chi connectivity index (χ4v) is 4.39. The van der Waals surface area contributed by atoms with Gasteiger partial charge in [-0.05, 0) is 47.9 Å². The van der Waals surface area contributed by atoms with Gasteiger partial charge in [0.15, 0.2) is 0 Å². The maximum atomic E-state index is 13.2. The van der Waals surface area contributed by atoms with Crippen LogP contribution in [0.4, 0.5) is 0 Å². The summed E-state index contributed by atoms with van der Waals surface area (Å²) in [6.07, 6.45) is 0. The lowest BCUT2D eigenvalue weighted by Gasteiger charge is -2.20. The predicted molar refractivity (Wildman–Crippen MR) is 125 cm³/mol. The van der Waals surface area contributed by atoms with Crippen LogP contribution in [0, 0.1) is 12.8 Å². The highest BCUT2D eigenvalue weighted by Gasteiger charge is 2.41. The Labute approximate surface area is 189 Å². The number of nitrogens with zero attached hydrogens (tertiary/aromatic N) is 1. The summed E-state index contributed by atoms with van der Waals surface area (Å²) < 4.78 is 5.20. The molecule has 0 aromatic heterocycles. The van der Waals surface area contributed by atoms with E-state index in [4.69, 9.17) is 4.74 Å². The van der Waals surface area contributed by atoms with E-state index >= 15 is 0 Å². The van der Waals surface area contributed by atoms with Gasteiger partial charge in [0.25, 0.3) is 5.91 Å². The number of hydrogen-bond donors (Lipinski definition) is 1. The largest absolute Gasteiger partial charge is 0.497 e. The van der Waals surface area contributed by atoms with Crippen molar-refractivity contribution in [1.29, 1.82) is 0 Å². The molecule has 1 N–H and O–H groups in total. The van der Waals surface area contributed by atoms with Crippen LogP contribution in [0.1, 0.15) is 33.0 Å². The third-order valence-electron chi connectivity index (χ3n) is 6.18. The number of likely N-dealkylation sites (tertiary alicyclic amines) is 1. The second-order valence-corrected chi connectivity index (χ2v) is 8.21. The molecule has 3 aromatic rings. The molecule has 164 valence electrons. The molecule has 1 saturated heterocycles. The highest BCUT2D eigenvalue weighted by Crippen LogP contribution is 2.35. The standard InChI is InChI=1S/C27H28N2O3/c1-19-8-6-7-11-23(19)24-17-29(27(31)21-12-14-22(32-2)15-13-21)18-25(24)26(30)28-16-20-9-4-3-5-10-20/h3-15,24-25H,16-18H2,1-2H3,(H,28,30). The summed E-state index contributed by atoms with van der Waals surface area (Å²) in [4.78, 5) is 28.2. The number of amides is 2. The number of benzene rings is 3. The Bertz CT molecular complexity index is 1080. The van der Waals surface area contributed by atoms with Crippen LogP contribution in [-0.2, 0) is 11.3 Å². The molecule has 0 saturated carbocycles. The second kappa shape index (κ2) is 9.69. The van der Waals surface area contributed by atoms with Gasteiger partial charge in [0.05, 0.1) is 13.0 Å². The molecule has 1 fully saturated rings. The van der Waals surface area contributed by atoms with Gasteiger partial charge in [0, 0.05) is 31.1 Å². The summed E-state index contributed by atoms with van der Waals surface area (Å²) in [6.45, 7) is 3.44. The summed E-state index contributed by atoms with van der Waals surface area (Å²) in [5.74, 6) is 0.270. The molecular weight excluding hydrogens is 400 g/mol. The van der Waals surface area contributed by atoms with Gasteiger partial charge in [0.1, 0.15) is 5.75 Å². The Morgan fingerprint density at radius 1 is 0.938 bits per heavy atom.